The first-order valence-electron chi connectivity index (χ1n) is 10.5. The summed E-state index contributed by atoms with van der Waals surface area (Å²) < 4.78 is 2.36. The number of nitrogens with one attached hydrogen (secondary N) is 1. The molecule has 0 unspecified atom stereocenters. The molecular formula is C25H28N4. The van der Waals surface area contributed by atoms with Gasteiger partial charge >= 0.3 is 0 Å². The Hall–Kier alpha value is -2.85. The summed E-state index contributed by atoms with van der Waals surface area (Å²) in [5.41, 5.74) is 9.77. The summed E-state index contributed by atoms with van der Waals surface area (Å²) >= 11 is 0. The SMILES string of the molecule is Cc1cc(C)c(-n2c3ccccc3c3cc(N4CCNCC4)c(C)nc32)c(C)c1. The van der Waals surface area contributed by atoms with Crippen LogP contribution >= 0.6 is 0 Å². The summed E-state index contributed by atoms with van der Waals surface area (Å²) in [5, 5.41) is 5.95. The second kappa shape index (κ2) is 6.89. The zero-order chi connectivity index (χ0) is 20.1. The molecule has 0 spiro atoms. The van der Waals surface area contributed by atoms with Gasteiger partial charge in [-0.3, -0.25) is 4.57 Å². The van der Waals surface area contributed by atoms with Crippen LogP contribution in [0, 0.1) is 27.7 Å². The third kappa shape index (κ3) is 2.90. The Morgan fingerprint density at radius 3 is 2.28 bits per heavy atom. The lowest BCUT2D eigenvalue weighted by Gasteiger charge is -2.30. The lowest BCUT2D eigenvalue weighted by Crippen LogP contribution is -2.43. The van der Waals surface area contributed by atoms with Crippen molar-refractivity contribution in [2.45, 2.75) is 27.7 Å². The molecule has 4 nitrogen and oxygen atoms in total. The predicted molar refractivity (Wildman–Crippen MR) is 123 cm³/mol. The van der Waals surface area contributed by atoms with Crippen molar-refractivity contribution in [2.24, 2.45) is 0 Å². The number of aromatic nitrogens is 2. The first kappa shape index (κ1) is 18.2. The number of hydrogen-bond donors (Lipinski definition) is 1. The molecule has 1 saturated heterocycles. The van der Waals surface area contributed by atoms with E-state index in [9.17, 15) is 0 Å². The van der Waals surface area contributed by atoms with Crippen LogP contribution in [-0.2, 0) is 0 Å². The van der Waals surface area contributed by atoms with E-state index in [-0.39, 0.29) is 0 Å². The van der Waals surface area contributed by atoms with Crippen LogP contribution in [0.5, 0.6) is 0 Å². The van der Waals surface area contributed by atoms with Gasteiger partial charge in [-0.25, -0.2) is 4.98 Å². The van der Waals surface area contributed by atoms with Gasteiger partial charge in [0.05, 0.1) is 22.6 Å². The molecule has 3 heterocycles. The Morgan fingerprint density at radius 1 is 0.862 bits per heavy atom. The maximum Gasteiger partial charge on any atom is 0.146 e. The number of para-hydroxylation sites is 1. The highest BCUT2D eigenvalue weighted by Gasteiger charge is 2.20. The highest BCUT2D eigenvalue weighted by atomic mass is 15.2. The molecule has 1 aliphatic rings. The van der Waals surface area contributed by atoms with Crippen LogP contribution < -0.4 is 10.2 Å². The predicted octanol–water partition coefficient (Wildman–Crippen LogP) is 4.82. The smallest absolute Gasteiger partial charge is 0.146 e. The number of piperazine rings is 1. The molecule has 0 amide bonds. The number of pyridine rings is 1. The molecule has 2 aromatic carbocycles. The molecule has 2 aromatic heterocycles. The average Bonchev–Trinajstić information content (AvgIpc) is 3.01. The molecule has 1 aliphatic heterocycles. The van der Waals surface area contributed by atoms with E-state index in [1.54, 1.807) is 0 Å². The molecule has 0 atom stereocenters. The van der Waals surface area contributed by atoms with Crippen molar-refractivity contribution in [3.05, 3.63) is 64.8 Å². The number of fused-ring (bicyclic) bond motifs is 3. The maximum atomic E-state index is 5.17. The van der Waals surface area contributed by atoms with E-state index in [2.05, 4.69) is 84.9 Å². The van der Waals surface area contributed by atoms with Crippen LogP contribution in [0.2, 0.25) is 0 Å². The second-order valence-electron chi connectivity index (χ2n) is 8.30. The van der Waals surface area contributed by atoms with Gasteiger partial charge in [0.15, 0.2) is 0 Å². The Labute approximate surface area is 172 Å². The van der Waals surface area contributed by atoms with E-state index in [1.165, 1.54) is 44.4 Å². The number of anilines is 1. The van der Waals surface area contributed by atoms with Crippen molar-refractivity contribution in [1.82, 2.24) is 14.9 Å². The zero-order valence-corrected chi connectivity index (χ0v) is 17.7. The maximum absolute atomic E-state index is 5.17. The molecule has 1 N–H and O–H groups in total. The monoisotopic (exact) mass is 384 g/mol. The topological polar surface area (TPSA) is 33.1 Å². The average molecular weight is 385 g/mol. The van der Waals surface area contributed by atoms with Gasteiger partial charge in [-0.05, 0) is 51.0 Å². The van der Waals surface area contributed by atoms with Gasteiger partial charge in [-0.2, -0.15) is 0 Å². The third-order valence-electron chi connectivity index (χ3n) is 6.13. The van der Waals surface area contributed by atoms with Gasteiger partial charge in [-0.1, -0.05) is 35.9 Å². The molecule has 0 bridgehead atoms. The van der Waals surface area contributed by atoms with Gasteiger partial charge in [-0.15, -0.1) is 0 Å². The summed E-state index contributed by atoms with van der Waals surface area (Å²) in [4.78, 5) is 7.63. The van der Waals surface area contributed by atoms with E-state index in [1.807, 2.05) is 0 Å². The molecule has 4 aromatic rings. The number of nitrogens with zero attached hydrogens (tertiary/aromatic N) is 3. The van der Waals surface area contributed by atoms with E-state index < -0.39 is 0 Å². The Bertz CT molecular complexity index is 1210. The molecule has 148 valence electrons. The van der Waals surface area contributed by atoms with Crippen LogP contribution in [0.1, 0.15) is 22.4 Å². The summed E-state index contributed by atoms with van der Waals surface area (Å²) in [6, 6.07) is 15.6. The summed E-state index contributed by atoms with van der Waals surface area (Å²) in [6.45, 7) is 12.8. The Balaban J connectivity index is 1.84. The lowest BCUT2D eigenvalue weighted by atomic mass is 10.0. The molecule has 1 fully saturated rings. The molecule has 29 heavy (non-hydrogen) atoms. The second-order valence-corrected chi connectivity index (χ2v) is 8.30. The van der Waals surface area contributed by atoms with Crippen molar-refractivity contribution in [1.29, 1.82) is 0 Å². The van der Waals surface area contributed by atoms with Gasteiger partial charge in [0.2, 0.25) is 0 Å². The Kier molecular flexibility index (Phi) is 4.32. The first-order valence-corrected chi connectivity index (χ1v) is 10.5. The van der Waals surface area contributed by atoms with Crippen molar-refractivity contribution >= 4 is 27.6 Å². The normalized spacial score (nSPS) is 14.8. The summed E-state index contributed by atoms with van der Waals surface area (Å²) in [7, 11) is 0. The number of rotatable bonds is 2. The highest BCUT2D eigenvalue weighted by Crippen LogP contribution is 2.36. The van der Waals surface area contributed by atoms with Gasteiger partial charge in [0, 0.05) is 37.0 Å². The molecule has 4 heteroatoms. The van der Waals surface area contributed by atoms with E-state index in [0.717, 1.165) is 37.5 Å². The quantitative estimate of drug-likeness (QED) is 0.538. The molecule has 0 saturated carbocycles. The van der Waals surface area contributed by atoms with E-state index in [0.29, 0.717) is 0 Å². The van der Waals surface area contributed by atoms with Crippen LogP contribution in [0.15, 0.2) is 42.5 Å². The van der Waals surface area contributed by atoms with Crippen LogP contribution in [-0.4, -0.2) is 35.7 Å². The Morgan fingerprint density at radius 2 is 1.55 bits per heavy atom. The number of aryl methyl sites for hydroxylation is 4. The minimum Gasteiger partial charge on any atom is -0.368 e. The standard InChI is InChI=1S/C25H28N4/c1-16-13-17(2)24(18(3)14-16)29-22-8-6-5-7-20(22)21-15-23(19(4)27-25(21)29)28-11-9-26-10-12-28/h5-8,13-15,26H,9-12H2,1-4H3. The summed E-state index contributed by atoms with van der Waals surface area (Å²) in [5.74, 6) is 0. The number of benzene rings is 2. The molecule has 5 rings (SSSR count). The molecular weight excluding hydrogens is 356 g/mol. The largest absolute Gasteiger partial charge is 0.368 e. The molecule has 0 aliphatic carbocycles. The fraction of sp³-hybridized carbons (Fsp3) is 0.320. The van der Waals surface area contributed by atoms with Crippen molar-refractivity contribution in [2.75, 3.05) is 31.1 Å². The third-order valence-corrected chi connectivity index (χ3v) is 6.13. The molecule has 0 radical (unpaired) electrons. The zero-order valence-electron chi connectivity index (χ0n) is 17.7. The van der Waals surface area contributed by atoms with E-state index >= 15 is 0 Å². The van der Waals surface area contributed by atoms with Crippen LogP contribution in [0.25, 0.3) is 27.6 Å². The lowest BCUT2D eigenvalue weighted by molar-refractivity contribution is 0.588. The fourth-order valence-corrected chi connectivity index (χ4v) is 4.94. The minimum absolute atomic E-state index is 1.03. The fourth-order valence-electron chi connectivity index (χ4n) is 4.94. The van der Waals surface area contributed by atoms with Crippen molar-refractivity contribution < 1.29 is 0 Å². The summed E-state index contributed by atoms with van der Waals surface area (Å²) in [6.07, 6.45) is 0. The van der Waals surface area contributed by atoms with E-state index in [4.69, 9.17) is 4.98 Å². The van der Waals surface area contributed by atoms with Gasteiger partial charge in [0.1, 0.15) is 5.65 Å². The van der Waals surface area contributed by atoms with Gasteiger partial charge < -0.3 is 10.2 Å². The van der Waals surface area contributed by atoms with Crippen LogP contribution in [0.4, 0.5) is 5.69 Å². The van der Waals surface area contributed by atoms with Crippen LogP contribution in [0.3, 0.4) is 0 Å². The first-order chi connectivity index (χ1) is 14.0. The highest BCUT2D eigenvalue weighted by molar-refractivity contribution is 6.09. The van der Waals surface area contributed by atoms with Crippen molar-refractivity contribution in [3.8, 4) is 5.69 Å². The van der Waals surface area contributed by atoms with Crippen molar-refractivity contribution in [3.63, 3.8) is 0 Å². The number of hydrogen-bond acceptors (Lipinski definition) is 3. The van der Waals surface area contributed by atoms with Gasteiger partial charge in [0.25, 0.3) is 0 Å². The minimum atomic E-state index is 1.03.